The Morgan fingerprint density at radius 2 is 1.63 bits per heavy atom. The van der Waals surface area contributed by atoms with E-state index in [1.807, 2.05) is 57.2 Å². The largest absolute Gasteiger partial charge is 0.324 e. The van der Waals surface area contributed by atoms with Crippen LogP contribution in [-0.4, -0.2) is 26.6 Å². The molecule has 146 valence electrons. The fourth-order valence-corrected chi connectivity index (χ4v) is 4.21. The van der Waals surface area contributed by atoms with Crippen molar-refractivity contribution in [3.05, 3.63) is 59.7 Å². The van der Waals surface area contributed by atoms with E-state index in [-0.39, 0.29) is 11.8 Å². The van der Waals surface area contributed by atoms with Gasteiger partial charge in [-0.05, 0) is 48.6 Å². The molecule has 0 spiro atoms. The number of nitrogens with zero attached hydrogens (tertiary/aromatic N) is 1. The minimum atomic E-state index is -3.63. The second-order valence-electron chi connectivity index (χ2n) is 6.99. The summed E-state index contributed by atoms with van der Waals surface area (Å²) in [6, 6.07) is 13.9. The second-order valence-corrected chi connectivity index (χ2v) is 8.85. The zero-order valence-electron chi connectivity index (χ0n) is 16.6. The lowest BCUT2D eigenvalue weighted by Crippen LogP contribution is -2.45. The second kappa shape index (κ2) is 8.57. The number of carbonyl (C=O) groups excluding carboxylic acids is 1. The fourth-order valence-electron chi connectivity index (χ4n) is 3.04. The number of nitrogens with one attached hydrogen (secondary N) is 1. The van der Waals surface area contributed by atoms with E-state index in [4.69, 9.17) is 0 Å². The summed E-state index contributed by atoms with van der Waals surface area (Å²) >= 11 is 0. The molecule has 0 radical (unpaired) electrons. The van der Waals surface area contributed by atoms with E-state index < -0.39 is 16.1 Å². The molecule has 0 saturated carbocycles. The van der Waals surface area contributed by atoms with Gasteiger partial charge in [-0.25, -0.2) is 8.42 Å². The molecule has 2 rings (SSSR count). The van der Waals surface area contributed by atoms with Gasteiger partial charge in [-0.2, -0.15) is 0 Å². The monoisotopic (exact) mass is 388 g/mol. The van der Waals surface area contributed by atoms with Gasteiger partial charge in [0.05, 0.1) is 11.9 Å². The first-order valence-corrected chi connectivity index (χ1v) is 11.0. The third-order valence-corrected chi connectivity index (χ3v) is 5.77. The Kier molecular flexibility index (Phi) is 6.65. The van der Waals surface area contributed by atoms with Crippen LogP contribution < -0.4 is 9.62 Å². The summed E-state index contributed by atoms with van der Waals surface area (Å²) in [5.74, 6) is -0.127. The van der Waals surface area contributed by atoms with E-state index in [0.717, 1.165) is 23.8 Å². The summed E-state index contributed by atoms with van der Waals surface area (Å²) in [5, 5.41) is 2.89. The smallest absolute Gasteiger partial charge is 0.248 e. The third kappa shape index (κ3) is 5.10. The summed E-state index contributed by atoms with van der Waals surface area (Å²) in [6.07, 6.45) is 1.98. The summed E-state index contributed by atoms with van der Waals surface area (Å²) in [7, 11) is -3.63. The molecule has 0 aliphatic heterocycles. The molecule has 1 N–H and O–H groups in total. The van der Waals surface area contributed by atoms with Crippen LogP contribution in [0.2, 0.25) is 0 Å². The van der Waals surface area contributed by atoms with Crippen LogP contribution in [0.25, 0.3) is 0 Å². The molecule has 1 atom stereocenters. The molecule has 5 nitrogen and oxygen atoms in total. The van der Waals surface area contributed by atoms with Crippen molar-refractivity contribution < 1.29 is 13.2 Å². The Bertz CT molecular complexity index is 890. The van der Waals surface area contributed by atoms with Crippen LogP contribution in [0.4, 0.5) is 11.4 Å². The van der Waals surface area contributed by atoms with Gasteiger partial charge in [0.2, 0.25) is 15.9 Å². The molecule has 2 aromatic rings. The van der Waals surface area contributed by atoms with Crippen LogP contribution in [0.1, 0.15) is 44.7 Å². The molecular weight excluding hydrogens is 360 g/mol. The molecule has 0 aliphatic carbocycles. The topological polar surface area (TPSA) is 66.5 Å². The number of sulfonamides is 1. The van der Waals surface area contributed by atoms with Gasteiger partial charge in [-0.1, -0.05) is 51.1 Å². The standard InChI is InChI=1S/C21H28N2O3S/c1-6-17-11-13-18(14-12-17)23(27(5,25)26)16(4)21(24)22-20-10-8-7-9-19(20)15(2)3/h7-16H,6H2,1-5H3,(H,22,24)/t16-/m0/s1. The maximum atomic E-state index is 12.9. The van der Waals surface area contributed by atoms with Crippen LogP contribution in [0, 0.1) is 0 Å². The van der Waals surface area contributed by atoms with Crippen molar-refractivity contribution in [1.82, 2.24) is 0 Å². The van der Waals surface area contributed by atoms with E-state index >= 15 is 0 Å². The van der Waals surface area contributed by atoms with Crippen LogP contribution in [0.5, 0.6) is 0 Å². The fraction of sp³-hybridized carbons (Fsp3) is 0.381. The van der Waals surface area contributed by atoms with Gasteiger partial charge in [0, 0.05) is 5.69 Å². The van der Waals surface area contributed by atoms with E-state index in [1.165, 1.54) is 4.31 Å². The van der Waals surface area contributed by atoms with E-state index in [9.17, 15) is 13.2 Å². The number of anilines is 2. The first-order chi connectivity index (χ1) is 12.6. The van der Waals surface area contributed by atoms with Crippen molar-refractivity contribution in [3.63, 3.8) is 0 Å². The minimum Gasteiger partial charge on any atom is -0.324 e. The van der Waals surface area contributed by atoms with Crippen LogP contribution >= 0.6 is 0 Å². The average Bonchev–Trinajstić information content (AvgIpc) is 2.61. The molecule has 0 bridgehead atoms. The highest BCUT2D eigenvalue weighted by Crippen LogP contribution is 2.26. The van der Waals surface area contributed by atoms with Crippen LogP contribution in [0.15, 0.2) is 48.5 Å². The van der Waals surface area contributed by atoms with E-state index in [2.05, 4.69) is 5.32 Å². The normalized spacial score (nSPS) is 12.7. The Labute approximate surface area is 162 Å². The zero-order valence-corrected chi connectivity index (χ0v) is 17.4. The van der Waals surface area contributed by atoms with Crippen molar-refractivity contribution in [2.24, 2.45) is 0 Å². The molecule has 0 aromatic heterocycles. The van der Waals surface area contributed by atoms with Crippen molar-refractivity contribution in [3.8, 4) is 0 Å². The molecular formula is C21H28N2O3S. The van der Waals surface area contributed by atoms with Gasteiger partial charge in [-0.15, -0.1) is 0 Å². The summed E-state index contributed by atoms with van der Waals surface area (Å²) in [6.45, 7) is 7.73. The van der Waals surface area contributed by atoms with E-state index in [1.54, 1.807) is 19.1 Å². The average molecular weight is 389 g/mol. The highest BCUT2D eigenvalue weighted by Gasteiger charge is 2.29. The van der Waals surface area contributed by atoms with Crippen molar-refractivity contribution in [2.75, 3.05) is 15.9 Å². The molecule has 0 fully saturated rings. The van der Waals surface area contributed by atoms with Gasteiger partial charge in [0.1, 0.15) is 6.04 Å². The van der Waals surface area contributed by atoms with Gasteiger partial charge < -0.3 is 5.32 Å². The van der Waals surface area contributed by atoms with E-state index in [0.29, 0.717) is 11.4 Å². The number of aryl methyl sites for hydroxylation is 1. The number of para-hydroxylation sites is 1. The lowest BCUT2D eigenvalue weighted by atomic mass is 10.0. The number of amides is 1. The van der Waals surface area contributed by atoms with Gasteiger partial charge in [-0.3, -0.25) is 9.10 Å². The number of carbonyl (C=O) groups is 1. The Morgan fingerprint density at radius 1 is 1.04 bits per heavy atom. The first-order valence-electron chi connectivity index (χ1n) is 9.13. The van der Waals surface area contributed by atoms with Crippen LogP contribution in [-0.2, 0) is 21.2 Å². The SMILES string of the molecule is CCc1ccc(N([C@@H](C)C(=O)Nc2ccccc2C(C)C)S(C)(=O)=O)cc1. The molecule has 0 saturated heterocycles. The lowest BCUT2D eigenvalue weighted by molar-refractivity contribution is -0.116. The van der Waals surface area contributed by atoms with Crippen LogP contribution in [0.3, 0.4) is 0 Å². The predicted octanol–water partition coefficient (Wildman–Crippen LogP) is 4.17. The molecule has 6 heteroatoms. The molecule has 0 aliphatic rings. The highest BCUT2D eigenvalue weighted by atomic mass is 32.2. The summed E-state index contributed by atoms with van der Waals surface area (Å²) in [5.41, 5.74) is 3.31. The Balaban J connectivity index is 2.33. The maximum absolute atomic E-state index is 12.9. The minimum absolute atomic E-state index is 0.240. The summed E-state index contributed by atoms with van der Waals surface area (Å²) < 4.78 is 26.0. The molecule has 0 heterocycles. The van der Waals surface area contributed by atoms with Gasteiger partial charge >= 0.3 is 0 Å². The van der Waals surface area contributed by atoms with Crippen molar-refractivity contribution in [1.29, 1.82) is 0 Å². The number of hydrogen-bond acceptors (Lipinski definition) is 3. The highest BCUT2D eigenvalue weighted by molar-refractivity contribution is 7.92. The first kappa shape index (κ1) is 21.0. The number of benzene rings is 2. The molecule has 1 amide bonds. The molecule has 27 heavy (non-hydrogen) atoms. The molecule has 2 aromatic carbocycles. The van der Waals surface area contributed by atoms with Gasteiger partial charge in [0.15, 0.2) is 0 Å². The zero-order chi connectivity index (χ0) is 20.2. The maximum Gasteiger partial charge on any atom is 0.248 e. The lowest BCUT2D eigenvalue weighted by Gasteiger charge is -2.28. The van der Waals surface area contributed by atoms with Crippen molar-refractivity contribution >= 4 is 27.3 Å². The molecule has 0 unspecified atom stereocenters. The number of hydrogen-bond donors (Lipinski definition) is 1. The number of rotatable bonds is 7. The third-order valence-electron chi connectivity index (χ3n) is 4.53. The van der Waals surface area contributed by atoms with Crippen molar-refractivity contribution in [2.45, 2.75) is 46.1 Å². The predicted molar refractivity (Wildman–Crippen MR) is 112 cm³/mol. The van der Waals surface area contributed by atoms with Gasteiger partial charge in [0.25, 0.3) is 0 Å². The quantitative estimate of drug-likeness (QED) is 0.774. The Morgan fingerprint density at radius 3 is 2.15 bits per heavy atom. The summed E-state index contributed by atoms with van der Waals surface area (Å²) in [4.78, 5) is 12.9. The Hall–Kier alpha value is -2.34.